The number of methoxy groups -OCH3 is 1. The van der Waals surface area contributed by atoms with Crippen LogP contribution in [0.1, 0.15) is 20.8 Å². The fourth-order valence-electron chi connectivity index (χ4n) is 1.54. The number of carbonyl (C=O) groups is 1. The van der Waals surface area contributed by atoms with E-state index in [1.165, 1.54) is 0 Å². The predicted molar refractivity (Wildman–Crippen MR) is 70.4 cm³/mol. The molecule has 0 aliphatic heterocycles. The second-order valence-corrected chi connectivity index (χ2v) is 5.02. The molecule has 6 heteroatoms. The number of hydrogen-bond donors (Lipinski definition) is 1. The van der Waals surface area contributed by atoms with Gasteiger partial charge < -0.3 is 14.0 Å². The lowest BCUT2D eigenvalue weighted by atomic mass is 10.2. The lowest BCUT2D eigenvalue weighted by Crippen LogP contribution is -2.27. The van der Waals surface area contributed by atoms with Gasteiger partial charge in [0, 0.05) is 0 Å². The number of amides is 1. The minimum Gasteiger partial charge on any atom is -0.497 e. The number of ether oxygens (including phenoxy) is 2. The molecule has 2 rings (SSSR count). The fraction of sp³-hybridized carbons (Fsp3) is 0.385. The van der Waals surface area contributed by atoms with E-state index in [1.54, 1.807) is 46.1 Å². The summed E-state index contributed by atoms with van der Waals surface area (Å²) in [4.78, 5) is 11.7. The highest BCUT2D eigenvalue weighted by molar-refractivity contribution is 5.96. The number of fused-ring (bicyclic) bond motifs is 1. The van der Waals surface area contributed by atoms with Crippen LogP contribution in [0.15, 0.2) is 22.7 Å². The molecule has 0 spiro atoms. The van der Waals surface area contributed by atoms with Gasteiger partial charge in [0.15, 0.2) is 11.4 Å². The Morgan fingerprint density at radius 2 is 2.11 bits per heavy atom. The molecule has 1 heterocycles. The fourth-order valence-corrected chi connectivity index (χ4v) is 1.54. The van der Waals surface area contributed by atoms with Crippen molar-refractivity contribution < 1.29 is 18.8 Å². The van der Waals surface area contributed by atoms with E-state index in [1.807, 2.05) is 0 Å². The van der Waals surface area contributed by atoms with Crippen molar-refractivity contribution >= 4 is 22.9 Å². The van der Waals surface area contributed by atoms with E-state index in [9.17, 15) is 4.79 Å². The summed E-state index contributed by atoms with van der Waals surface area (Å²) >= 11 is 0. The van der Waals surface area contributed by atoms with Crippen LogP contribution in [0.3, 0.4) is 0 Å². The van der Waals surface area contributed by atoms with E-state index in [0.29, 0.717) is 22.5 Å². The van der Waals surface area contributed by atoms with Crippen molar-refractivity contribution in [2.75, 3.05) is 12.4 Å². The van der Waals surface area contributed by atoms with Crippen LogP contribution < -0.4 is 10.1 Å². The molecular weight excluding hydrogens is 248 g/mol. The molecule has 19 heavy (non-hydrogen) atoms. The third-order valence-corrected chi connectivity index (χ3v) is 2.30. The van der Waals surface area contributed by atoms with Crippen LogP contribution >= 0.6 is 0 Å². The monoisotopic (exact) mass is 264 g/mol. The van der Waals surface area contributed by atoms with Crippen molar-refractivity contribution in [2.24, 2.45) is 0 Å². The summed E-state index contributed by atoms with van der Waals surface area (Å²) in [5, 5.41) is 7.01. The quantitative estimate of drug-likeness (QED) is 0.901. The van der Waals surface area contributed by atoms with Crippen molar-refractivity contribution in [1.29, 1.82) is 0 Å². The minimum atomic E-state index is -0.578. The minimum absolute atomic E-state index is 0.308. The number of carbonyl (C=O) groups excluding carboxylic acids is 1. The summed E-state index contributed by atoms with van der Waals surface area (Å²) in [5.41, 5.74) is -0.00624. The van der Waals surface area contributed by atoms with E-state index in [2.05, 4.69) is 10.5 Å². The van der Waals surface area contributed by atoms with E-state index >= 15 is 0 Å². The van der Waals surface area contributed by atoms with Crippen molar-refractivity contribution in [3.05, 3.63) is 18.2 Å². The number of hydrogen-bond acceptors (Lipinski definition) is 5. The molecule has 0 bridgehead atoms. The molecule has 0 unspecified atom stereocenters. The molecule has 0 saturated heterocycles. The topological polar surface area (TPSA) is 73.6 Å². The number of aromatic nitrogens is 1. The van der Waals surface area contributed by atoms with Gasteiger partial charge in [0.2, 0.25) is 0 Å². The first-order chi connectivity index (χ1) is 8.89. The number of nitrogens with one attached hydrogen (secondary N) is 1. The largest absolute Gasteiger partial charge is 0.497 e. The third-order valence-electron chi connectivity index (χ3n) is 2.30. The van der Waals surface area contributed by atoms with Gasteiger partial charge in [0.25, 0.3) is 0 Å². The molecule has 2 aromatic rings. The van der Waals surface area contributed by atoms with E-state index in [-0.39, 0.29) is 0 Å². The van der Waals surface area contributed by atoms with Gasteiger partial charge in [-0.25, -0.2) is 4.79 Å². The van der Waals surface area contributed by atoms with Crippen LogP contribution in [0.5, 0.6) is 5.75 Å². The lowest BCUT2D eigenvalue weighted by molar-refractivity contribution is 0.0635. The lowest BCUT2D eigenvalue weighted by Gasteiger charge is -2.19. The van der Waals surface area contributed by atoms with Crippen LogP contribution in [0, 0.1) is 0 Å². The average molecular weight is 264 g/mol. The second-order valence-electron chi connectivity index (χ2n) is 5.02. The van der Waals surface area contributed by atoms with Gasteiger partial charge in [-0.15, -0.1) is 0 Å². The summed E-state index contributed by atoms with van der Waals surface area (Å²) in [6, 6.07) is 5.21. The second kappa shape index (κ2) is 4.79. The predicted octanol–water partition coefficient (Wildman–Crippen LogP) is 3.18. The van der Waals surface area contributed by atoms with E-state index in [0.717, 1.165) is 0 Å². The molecule has 102 valence electrons. The number of rotatable bonds is 2. The van der Waals surface area contributed by atoms with E-state index in [4.69, 9.17) is 14.0 Å². The SMILES string of the molecule is COc1ccc2onc(NC(=O)OC(C)(C)C)c2c1. The molecule has 6 nitrogen and oxygen atoms in total. The highest BCUT2D eigenvalue weighted by atomic mass is 16.6. The van der Waals surface area contributed by atoms with Gasteiger partial charge in [0.1, 0.15) is 11.4 Å². The van der Waals surface area contributed by atoms with Gasteiger partial charge >= 0.3 is 6.09 Å². The van der Waals surface area contributed by atoms with E-state index < -0.39 is 11.7 Å². The van der Waals surface area contributed by atoms with Crippen molar-refractivity contribution in [2.45, 2.75) is 26.4 Å². The normalized spacial score (nSPS) is 11.4. The first-order valence-corrected chi connectivity index (χ1v) is 5.82. The Balaban J connectivity index is 2.23. The molecule has 1 N–H and O–H groups in total. The molecule has 0 aliphatic carbocycles. The summed E-state index contributed by atoms with van der Waals surface area (Å²) in [7, 11) is 1.57. The highest BCUT2D eigenvalue weighted by Gasteiger charge is 2.18. The Labute approximate surface area is 110 Å². The third kappa shape index (κ3) is 3.15. The van der Waals surface area contributed by atoms with Crippen molar-refractivity contribution in [3.8, 4) is 5.75 Å². The molecule has 1 amide bonds. The first-order valence-electron chi connectivity index (χ1n) is 5.82. The Kier molecular flexibility index (Phi) is 3.33. The van der Waals surface area contributed by atoms with Crippen molar-refractivity contribution in [3.63, 3.8) is 0 Å². The summed E-state index contributed by atoms with van der Waals surface area (Å²) in [6.07, 6.45) is -0.578. The highest BCUT2D eigenvalue weighted by Crippen LogP contribution is 2.27. The van der Waals surface area contributed by atoms with Crippen molar-refractivity contribution in [1.82, 2.24) is 5.16 Å². The van der Waals surface area contributed by atoms with Gasteiger partial charge in [0.05, 0.1) is 12.5 Å². The maximum Gasteiger partial charge on any atom is 0.413 e. The molecule has 1 aromatic carbocycles. The Morgan fingerprint density at radius 1 is 1.37 bits per heavy atom. The molecule has 0 radical (unpaired) electrons. The molecule has 0 saturated carbocycles. The van der Waals surface area contributed by atoms with Crippen LogP contribution in [-0.2, 0) is 4.74 Å². The van der Waals surface area contributed by atoms with Gasteiger partial charge in [-0.3, -0.25) is 5.32 Å². The van der Waals surface area contributed by atoms with Gasteiger partial charge in [-0.1, -0.05) is 5.16 Å². The molecule has 1 aromatic heterocycles. The maximum atomic E-state index is 11.7. The molecule has 0 aliphatic rings. The molecule has 0 fully saturated rings. The zero-order valence-corrected chi connectivity index (χ0v) is 11.3. The average Bonchev–Trinajstić information content (AvgIpc) is 2.69. The number of anilines is 1. The number of benzene rings is 1. The Hall–Kier alpha value is -2.24. The van der Waals surface area contributed by atoms with Crippen LogP contribution in [0.25, 0.3) is 11.0 Å². The Bertz CT molecular complexity index is 598. The summed E-state index contributed by atoms with van der Waals surface area (Å²) in [5.74, 6) is 0.964. The molecule has 0 atom stereocenters. The Morgan fingerprint density at radius 3 is 2.74 bits per heavy atom. The van der Waals surface area contributed by atoms with Gasteiger partial charge in [-0.05, 0) is 39.0 Å². The maximum absolute atomic E-state index is 11.7. The van der Waals surface area contributed by atoms with Crippen LogP contribution in [0.2, 0.25) is 0 Å². The summed E-state index contributed by atoms with van der Waals surface area (Å²) in [6.45, 7) is 5.36. The van der Waals surface area contributed by atoms with Gasteiger partial charge in [-0.2, -0.15) is 0 Å². The zero-order chi connectivity index (χ0) is 14.0. The molecular formula is C13H16N2O4. The summed E-state index contributed by atoms with van der Waals surface area (Å²) < 4.78 is 15.4. The van der Waals surface area contributed by atoms with Crippen LogP contribution in [0.4, 0.5) is 10.6 Å². The standard InChI is InChI=1S/C13H16N2O4/c1-13(2,3)18-12(16)14-11-9-7-8(17-4)5-6-10(9)19-15-11/h5-7H,1-4H3,(H,14,15,16). The first kappa shape index (κ1) is 13.2. The zero-order valence-electron chi connectivity index (χ0n) is 11.3. The van der Waals surface area contributed by atoms with Crippen LogP contribution in [-0.4, -0.2) is 24.0 Å². The smallest absolute Gasteiger partial charge is 0.413 e. The number of nitrogens with zero attached hydrogens (tertiary/aromatic N) is 1.